The van der Waals surface area contributed by atoms with Crippen LogP contribution >= 0.6 is 0 Å². The van der Waals surface area contributed by atoms with Crippen molar-refractivity contribution in [2.45, 2.75) is 38.6 Å². The monoisotopic (exact) mass is 259 g/mol. The van der Waals surface area contributed by atoms with Crippen LogP contribution in [0.1, 0.15) is 33.1 Å². The maximum Gasteiger partial charge on any atom is 0.247 e. The van der Waals surface area contributed by atoms with Crippen LogP contribution in [0.4, 0.5) is 5.69 Å². The fourth-order valence-corrected chi connectivity index (χ4v) is 1.94. The summed E-state index contributed by atoms with van der Waals surface area (Å²) in [6, 6.07) is 11.4. The Labute approximate surface area is 114 Å². The maximum atomic E-state index is 12.6. The number of nitrogens with zero attached hydrogens (tertiary/aromatic N) is 2. The van der Waals surface area contributed by atoms with Gasteiger partial charge in [0, 0.05) is 12.2 Å². The third-order valence-corrected chi connectivity index (χ3v) is 3.45. The quantitative estimate of drug-likeness (QED) is 0.853. The molecule has 0 heterocycles. The van der Waals surface area contributed by atoms with E-state index in [1.807, 2.05) is 44.2 Å². The fraction of sp³-hybridized carbons (Fsp3) is 0.467. The van der Waals surface area contributed by atoms with Crippen LogP contribution in [-0.4, -0.2) is 18.0 Å². The second-order valence-electron chi connectivity index (χ2n) is 4.56. The number of nitrogens with two attached hydrogens (primary N) is 1. The average molecular weight is 259 g/mol. The molecule has 0 saturated carbocycles. The first kappa shape index (κ1) is 15.2. The minimum absolute atomic E-state index is 0.112. The normalized spacial score (nSPS) is 10.8. The average Bonchev–Trinajstić information content (AvgIpc) is 2.47. The Morgan fingerprint density at radius 3 is 2.37 bits per heavy atom. The van der Waals surface area contributed by atoms with Gasteiger partial charge in [0.05, 0.1) is 18.0 Å². The first-order valence-corrected chi connectivity index (χ1v) is 6.62. The van der Waals surface area contributed by atoms with Crippen molar-refractivity contribution in [3.63, 3.8) is 0 Å². The summed E-state index contributed by atoms with van der Waals surface area (Å²) in [5.74, 6) is -0.112. The van der Waals surface area contributed by atoms with Crippen molar-refractivity contribution in [2.75, 3.05) is 11.4 Å². The summed E-state index contributed by atoms with van der Waals surface area (Å²) >= 11 is 0. The number of hydrogen-bond acceptors (Lipinski definition) is 3. The predicted molar refractivity (Wildman–Crippen MR) is 76.5 cm³/mol. The van der Waals surface area contributed by atoms with Crippen LogP contribution < -0.4 is 10.6 Å². The molecule has 0 unspecified atom stereocenters. The van der Waals surface area contributed by atoms with Crippen molar-refractivity contribution >= 4 is 11.6 Å². The Morgan fingerprint density at radius 2 is 1.89 bits per heavy atom. The number of nitriles is 1. The molecule has 0 aliphatic carbocycles. The van der Waals surface area contributed by atoms with Crippen LogP contribution in [0, 0.1) is 11.3 Å². The Balaban J connectivity index is 3.05. The summed E-state index contributed by atoms with van der Waals surface area (Å²) in [6.07, 6.45) is 1.46. The second kappa shape index (κ2) is 6.91. The first-order chi connectivity index (χ1) is 9.09. The number of benzene rings is 1. The van der Waals surface area contributed by atoms with E-state index < -0.39 is 5.54 Å². The highest BCUT2D eigenvalue weighted by Crippen LogP contribution is 2.21. The topological polar surface area (TPSA) is 70.1 Å². The van der Waals surface area contributed by atoms with Gasteiger partial charge < -0.3 is 10.6 Å². The number of anilines is 1. The Morgan fingerprint density at radius 1 is 1.32 bits per heavy atom. The molecule has 0 radical (unpaired) electrons. The Kier molecular flexibility index (Phi) is 5.53. The Bertz CT molecular complexity index is 446. The van der Waals surface area contributed by atoms with Gasteiger partial charge in [-0.05, 0) is 25.0 Å². The molecule has 1 aromatic rings. The first-order valence-electron chi connectivity index (χ1n) is 6.62. The minimum atomic E-state index is -0.856. The van der Waals surface area contributed by atoms with Gasteiger partial charge in [0.15, 0.2) is 0 Å². The molecule has 0 saturated heterocycles. The summed E-state index contributed by atoms with van der Waals surface area (Å²) in [4.78, 5) is 14.2. The minimum Gasteiger partial charge on any atom is -0.317 e. The van der Waals surface area contributed by atoms with Crippen LogP contribution in [0.3, 0.4) is 0 Å². The summed E-state index contributed by atoms with van der Waals surface area (Å²) < 4.78 is 0. The van der Waals surface area contributed by atoms with Crippen molar-refractivity contribution in [1.29, 1.82) is 5.26 Å². The SMILES string of the molecule is CCC(N)(CC)C(=O)N(CCC#N)c1ccccc1. The molecule has 1 aromatic carbocycles. The fourth-order valence-electron chi connectivity index (χ4n) is 1.94. The highest BCUT2D eigenvalue weighted by atomic mass is 16.2. The van der Waals surface area contributed by atoms with Crippen LogP contribution in [0.25, 0.3) is 0 Å². The molecule has 4 heteroatoms. The standard InChI is InChI=1S/C15H21N3O/c1-3-15(17,4-2)14(19)18(12-8-11-16)13-9-6-5-7-10-13/h5-7,9-10H,3-4,8,12,17H2,1-2H3. The molecule has 0 aliphatic heterocycles. The highest BCUT2D eigenvalue weighted by Gasteiger charge is 2.34. The smallest absolute Gasteiger partial charge is 0.247 e. The van der Waals surface area contributed by atoms with Gasteiger partial charge in [0.2, 0.25) is 5.91 Å². The molecular weight excluding hydrogens is 238 g/mol. The summed E-state index contributed by atoms with van der Waals surface area (Å²) in [6.45, 7) is 4.20. The van der Waals surface area contributed by atoms with Crippen LogP contribution in [0.2, 0.25) is 0 Å². The summed E-state index contributed by atoms with van der Waals surface area (Å²) in [5.41, 5.74) is 6.11. The van der Waals surface area contributed by atoms with E-state index in [9.17, 15) is 4.79 Å². The van der Waals surface area contributed by atoms with E-state index in [1.165, 1.54) is 0 Å². The number of rotatable bonds is 6. The molecule has 2 N–H and O–H groups in total. The van der Waals surface area contributed by atoms with Gasteiger partial charge in [-0.25, -0.2) is 0 Å². The molecular formula is C15H21N3O. The van der Waals surface area contributed by atoms with Crippen molar-refractivity contribution in [3.05, 3.63) is 30.3 Å². The van der Waals surface area contributed by atoms with Gasteiger partial charge in [-0.15, -0.1) is 0 Å². The van der Waals surface area contributed by atoms with Crippen LogP contribution in [0.5, 0.6) is 0 Å². The molecule has 19 heavy (non-hydrogen) atoms. The highest BCUT2D eigenvalue weighted by molar-refractivity contribution is 6.00. The zero-order chi connectivity index (χ0) is 14.3. The second-order valence-corrected chi connectivity index (χ2v) is 4.56. The van der Waals surface area contributed by atoms with E-state index in [2.05, 4.69) is 6.07 Å². The lowest BCUT2D eigenvalue weighted by Gasteiger charge is -2.32. The molecule has 0 bridgehead atoms. The van der Waals surface area contributed by atoms with Gasteiger partial charge in [-0.2, -0.15) is 5.26 Å². The molecule has 1 rings (SSSR count). The number of carbonyl (C=O) groups is 1. The van der Waals surface area contributed by atoms with E-state index in [1.54, 1.807) is 4.90 Å². The zero-order valence-electron chi connectivity index (χ0n) is 11.6. The summed E-state index contributed by atoms with van der Waals surface area (Å²) in [7, 11) is 0. The molecule has 0 aliphatic rings. The maximum absolute atomic E-state index is 12.6. The number of hydrogen-bond donors (Lipinski definition) is 1. The van der Waals surface area contributed by atoms with Crippen molar-refractivity contribution in [3.8, 4) is 6.07 Å². The molecule has 0 aromatic heterocycles. The Hall–Kier alpha value is -1.86. The number of amides is 1. The predicted octanol–water partition coefficient (Wildman–Crippen LogP) is 2.45. The number of carbonyl (C=O) groups excluding carboxylic acids is 1. The van der Waals surface area contributed by atoms with E-state index in [0.29, 0.717) is 25.8 Å². The van der Waals surface area contributed by atoms with E-state index in [0.717, 1.165) is 5.69 Å². The van der Waals surface area contributed by atoms with Gasteiger partial charge in [0.25, 0.3) is 0 Å². The molecule has 0 spiro atoms. The third-order valence-electron chi connectivity index (χ3n) is 3.45. The van der Waals surface area contributed by atoms with Gasteiger partial charge in [-0.1, -0.05) is 32.0 Å². The molecule has 4 nitrogen and oxygen atoms in total. The van der Waals surface area contributed by atoms with Gasteiger partial charge in [-0.3, -0.25) is 4.79 Å². The lowest BCUT2D eigenvalue weighted by molar-refractivity contribution is -0.124. The molecule has 0 atom stereocenters. The third kappa shape index (κ3) is 3.55. The van der Waals surface area contributed by atoms with Crippen molar-refractivity contribution in [1.82, 2.24) is 0 Å². The van der Waals surface area contributed by atoms with Crippen LogP contribution in [0.15, 0.2) is 30.3 Å². The lowest BCUT2D eigenvalue weighted by Crippen LogP contribution is -2.55. The van der Waals surface area contributed by atoms with Crippen molar-refractivity contribution < 1.29 is 4.79 Å². The molecule has 0 fully saturated rings. The van der Waals surface area contributed by atoms with Gasteiger partial charge in [0.1, 0.15) is 0 Å². The molecule has 102 valence electrons. The van der Waals surface area contributed by atoms with E-state index in [-0.39, 0.29) is 5.91 Å². The van der Waals surface area contributed by atoms with Crippen molar-refractivity contribution in [2.24, 2.45) is 5.73 Å². The number of para-hydroxylation sites is 1. The summed E-state index contributed by atoms with van der Waals surface area (Å²) in [5, 5.41) is 8.74. The largest absolute Gasteiger partial charge is 0.317 e. The van der Waals surface area contributed by atoms with E-state index in [4.69, 9.17) is 11.0 Å². The lowest BCUT2D eigenvalue weighted by atomic mass is 9.92. The zero-order valence-corrected chi connectivity index (χ0v) is 11.6. The molecule has 1 amide bonds. The van der Waals surface area contributed by atoms with Gasteiger partial charge >= 0.3 is 0 Å². The van der Waals surface area contributed by atoms with E-state index >= 15 is 0 Å². The van der Waals surface area contributed by atoms with Crippen LogP contribution in [-0.2, 0) is 4.79 Å².